The smallest absolute Gasteiger partial charge is 0.227 e. The quantitative estimate of drug-likeness (QED) is 0.480. The van der Waals surface area contributed by atoms with Gasteiger partial charge in [0.1, 0.15) is 6.04 Å². The standard InChI is InChI=1S/C24H23ClN4O3S/c1-31-19-11-10-14(12-20(19)32-2)22-21-17(8-5-9-18(21)30)26-23-27-24(28-29(22)23)33-13-15-6-3-4-7-16(15)25/h3-4,6-7,10-12,22H,5,8-9,13H2,1-2H3,(H,26,27,28)/t22-/m0/s1. The highest BCUT2D eigenvalue weighted by Crippen LogP contribution is 2.42. The van der Waals surface area contributed by atoms with E-state index in [0.717, 1.165) is 40.3 Å². The number of nitrogens with one attached hydrogen (secondary N) is 1. The third-order valence-electron chi connectivity index (χ3n) is 5.89. The molecule has 1 aromatic heterocycles. The molecule has 0 radical (unpaired) electrons. The normalized spacial score (nSPS) is 17.3. The van der Waals surface area contributed by atoms with E-state index < -0.39 is 0 Å². The predicted molar refractivity (Wildman–Crippen MR) is 128 cm³/mol. The zero-order valence-electron chi connectivity index (χ0n) is 18.3. The van der Waals surface area contributed by atoms with Crippen molar-refractivity contribution in [2.24, 2.45) is 0 Å². The van der Waals surface area contributed by atoms with Gasteiger partial charge in [0, 0.05) is 28.5 Å². The average Bonchev–Trinajstić information content (AvgIpc) is 3.24. The van der Waals surface area contributed by atoms with Gasteiger partial charge in [-0.15, -0.1) is 5.10 Å². The fourth-order valence-electron chi connectivity index (χ4n) is 4.29. The molecular formula is C24H23ClN4O3S. The van der Waals surface area contributed by atoms with Crippen molar-refractivity contribution in [3.05, 3.63) is 69.9 Å². The Bertz CT molecular complexity index is 1260. The van der Waals surface area contributed by atoms with Crippen LogP contribution in [0, 0.1) is 0 Å². The fourth-order valence-corrected chi connectivity index (χ4v) is 5.40. The average molecular weight is 483 g/mol. The summed E-state index contributed by atoms with van der Waals surface area (Å²) in [5.41, 5.74) is 3.58. The van der Waals surface area contributed by atoms with E-state index in [9.17, 15) is 4.79 Å². The first-order valence-electron chi connectivity index (χ1n) is 10.7. The number of fused-ring (bicyclic) bond motifs is 1. The van der Waals surface area contributed by atoms with Crippen molar-refractivity contribution in [2.45, 2.75) is 36.2 Å². The second-order valence-electron chi connectivity index (χ2n) is 7.85. The zero-order chi connectivity index (χ0) is 22.9. The van der Waals surface area contributed by atoms with Gasteiger partial charge >= 0.3 is 0 Å². The second kappa shape index (κ2) is 9.11. The van der Waals surface area contributed by atoms with Crippen LogP contribution in [0.25, 0.3) is 0 Å². The summed E-state index contributed by atoms with van der Waals surface area (Å²) in [5, 5.41) is 9.49. The minimum Gasteiger partial charge on any atom is -0.493 e. The molecule has 7 nitrogen and oxygen atoms in total. The van der Waals surface area contributed by atoms with Crippen LogP contribution in [-0.4, -0.2) is 34.8 Å². The summed E-state index contributed by atoms with van der Waals surface area (Å²) in [6.07, 6.45) is 2.16. The molecule has 0 bridgehead atoms. The van der Waals surface area contributed by atoms with E-state index in [2.05, 4.69) is 5.32 Å². The number of hydrogen-bond donors (Lipinski definition) is 1. The Balaban J connectivity index is 1.54. The van der Waals surface area contributed by atoms with Crippen molar-refractivity contribution >= 4 is 35.1 Å². The van der Waals surface area contributed by atoms with Gasteiger partial charge in [-0.3, -0.25) is 4.79 Å². The van der Waals surface area contributed by atoms with Gasteiger partial charge in [0.15, 0.2) is 17.3 Å². The van der Waals surface area contributed by atoms with E-state index in [1.54, 1.807) is 18.9 Å². The molecule has 0 amide bonds. The van der Waals surface area contributed by atoms with Gasteiger partial charge in [0.25, 0.3) is 0 Å². The highest BCUT2D eigenvalue weighted by atomic mass is 35.5. The number of hydrogen-bond acceptors (Lipinski definition) is 7. The fraction of sp³-hybridized carbons (Fsp3) is 0.292. The van der Waals surface area contributed by atoms with Gasteiger partial charge in [-0.05, 0) is 42.2 Å². The van der Waals surface area contributed by atoms with E-state index in [4.69, 9.17) is 31.2 Å². The highest BCUT2D eigenvalue weighted by molar-refractivity contribution is 7.98. The molecule has 2 heterocycles. The summed E-state index contributed by atoms with van der Waals surface area (Å²) in [7, 11) is 3.20. The van der Waals surface area contributed by atoms with E-state index >= 15 is 0 Å². The van der Waals surface area contributed by atoms with Crippen LogP contribution in [0.3, 0.4) is 0 Å². The third-order valence-corrected chi connectivity index (χ3v) is 7.14. The van der Waals surface area contributed by atoms with Crippen LogP contribution in [-0.2, 0) is 10.5 Å². The van der Waals surface area contributed by atoms with Crippen molar-refractivity contribution in [2.75, 3.05) is 19.5 Å². The van der Waals surface area contributed by atoms with E-state index in [1.807, 2.05) is 42.5 Å². The molecule has 1 atom stereocenters. The molecule has 170 valence electrons. The number of benzene rings is 2. The Morgan fingerprint density at radius 3 is 2.76 bits per heavy atom. The zero-order valence-corrected chi connectivity index (χ0v) is 19.9. The lowest BCUT2D eigenvalue weighted by Gasteiger charge is -2.32. The molecular weight excluding hydrogens is 460 g/mol. The number of allylic oxidation sites excluding steroid dienone is 2. The molecule has 0 spiro atoms. The number of ketones is 1. The van der Waals surface area contributed by atoms with Crippen LogP contribution in [0.4, 0.5) is 5.95 Å². The van der Waals surface area contributed by atoms with Crippen LogP contribution in [0.1, 0.15) is 36.4 Å². The maximum atomic E-state index is 13.0. The Hall–Kier alpha value is -2.97. The number of methoxy groups -OCH3 is 2. The summed E-state index contributed by atoms with van der Waals surface area (Å²) >= 11 is 7.82. The molecule has 2 aliphatic rings. The van der Waals surface area contributed by atoms with E-state index in [1.165, 1.54) is 11.8 Å². The summed E-state index contributed by atoms with van der Waals surface area (Å²) in [5.74, 6) is 2.65. The van der Waals surface area contributed by atoms with Crippen LogP contribution >= 0.6 is 23.4 Å². The van der Waals surface area contributed by atoms with Gasteiger partial charge in [0.2, 0.25) is 11.1 Å². The van der Waals surface area contributed by atoms with Crippen molar-refractivity contribution in [1.82, 2.24) is 14.8 Å². The lowest BCUT2D eigenvalue weighted by atomic mass is 9.85. The number of Topliss-reactive ketones (excluding diaryl/α,β-unsaturated/α-hetero) is 1. The van der Waals surface area contributed by atoms with Crippen LogP contribution < -0.4 is 14.8 Å². The minimum absolute atomic E-state index is 0.134. The van der Waals surface area contributed by atoms with Crippen LogP contribution in [0.2, 0.25) is 5.02 Å². The van der Waals surface area contributed by atoms with Crippen LogP contribution in [0.5, 0.6) is 11.5 Å². The number of carbonyl (C=O) groups excluding carboxylic acids is 1. The molecule has 9 heteroatoms. The predicted octanol–water partition coefficient (Wildman–Crippen LogP) is 5.26. The summed E-state index contributed by atoms with van der Waals surface area (Å²) in [6, 6.07) is 13.1. The van der Waals surface area contributed by atoms with Gasteiger partial charge < -0.3 is 14.8 Å². The van der Waals surface area contributed by atoms with Crippen molar-refractivity contribution in [3.8, 4) is 11.5 Å². The number of thioether (sulfide) groups is 1. The second-order valence-corrected chi connectivity index (χ2v) is 9.20. The lowest BCUT2D eigenvalue weighted by Crippen LogP contribution is -2.31. The number of anilines is 1. The summed E-state index contributed by atoms with van der Waals surface area (Å²) in [4.78, 5) is 17.7. The first kappa shape index (κ1) is 21.9. The maximum absolute atomic E-state index is 13.0. The van der Waals surface area contributed by atoms with Gasteiger partial charge in [-0.1, -0.05) is 47.6 Å². The van der Waals surface area contributed by atoms with E-state index in [0.29, 0.717) is 34.8 Å². The first-order chi connectivity index (χ1) is 16.1. The van der Waals surface area contributed by atoms with Gasteiger partial charge in [-0.25, -0.2) is 4.68 Å². The number of aromatic nitrogens is 3. The number of nitrogens with zero attached hydrogens (tertiary/aromatic N) is 3. The molecule has 1 aliphatic carbocycles. The molecule has 0 saturated carbocycles. The molecule has 0 unspecified atom stereocenters. The summed E-state index contributed by atoms with van der Waals surface area (Å²) < 4.78 is 12.7. The number of rotatable bonds is 6. The summed E-state index contributed by atoms with van der Waals surface area (Å²) in [6.45, 7) is 0. The number of carbonyl (C=O) groups is 1. The van der Waals surface area contributed by atoms with E-state index in [-0.39, 0.29) is 11.8 Å². The van der Waals surface area contributed by atoms with Crippen molar-refractivity contribution < 1.29 is 14.3 Å². The Morgan fingerprint density at radius 1 is 1.15 bits per heavy atom. The number of ether oxygens (including phenoxy) is 2. The maximum Gasteiger partial charge on any atom is 0.227 e. The monoisotopic (exact) mass is 482 g/mol. The highest BCUT2D eigenvalue weighted by Gasteiger charge is 2.37. The molecule has 0 fully saturated rings. The van der Waals surface area contributed by atoms with Gasteiger partial charge in [0.05, 0.1) is 14.2 Å². The number of halogens is 1. The minimum atomic E-state index is -0.383. The SMILES string of the molecule is COc1ccc([C@H]2C3=C(CCCC3=O)Nc3nc(SCc4ccccc4Cl)nn32)cc1OC. The van der Waals surface area contributed by atoms with Crippen molar-refractivity contribution in [3.63, 3.8) is 0 Å². The third kappa shape index (κ3) is 4.09. The van der Waals surface area contributed by atoms with Crippen LogP contribution in [0.15, 0.2) is 58.9 Å². The lowest BCUT2D eigenvalue weighted by molar-refractivity contribution is -0.116. The van der Waals surface area contributed by atoms with Crippen molar-refractivity contribution in [1.29, 1.82) is 0 Å². The Kier molecular flexibility index (Phi) is 6.03. The molecule has 0 saturated heterocycles. The van der Waals surface area contributed by atoms with Gasteiger partial charge in [-0.2, -0.15) is 4.98 Å². The molecule has 1 N–H and O–H groups in total. The molecule has 1 aliphatic heterocycles. The topological polar surface area (TPSA) is 78.3 Å². The Morgan fingerprint density at radius 2 is 1.97 bits per heavy atom. The molecule has 3 aromatic rings. The first-order valence-corrected chi connectivity index (χ1v) is 12.0. The molecule has 5 rings (SSSR count). The molecule has 33 heavy (non-hydrogen) atoms. The molecule has 2 aromatic carbocycles. The largest absolute Gasteiger partial charge is 0.493 e. The Labute approximate surface area is 201 Å².